The number of carbonyl (C=O) groups is 4. The Labute approximate surface area is 607 Å². The highest BCUT2D eigenvalue weighted by molar-refractivity contribution is 7.47. The highest BCUT2D eigenvalue weighted by Gasteiger charge is 2.30. The first-order valence-corrected chi connectivity index (χ1v) is 44.2. The lowest BCUT2D eigenvalue weighted by Crippen LogP contribution is -2.30. The Kier molecular flexibility index (Phi) is 67.8. The monoisotopic (exact) mass is 1450 g/mol. The molecule has 0 aliphatic rings. The Bertz CT molecular complexity index is 1940. The average molecular weight is 1450 g/mol. The molecule has 99 heavy (non-hydrogen) atoms. The van der Waals surface area contributed by atoms with Crippen molar-refractivity contribution >= 4 is 39.5 Å². The van der Waals surface area contributed by atoms with E-state index in [1.165, 1.54) is 205 Å². The molecule has 0 amide bonds. The van der Waals surface area contributed by atoms with Crippen LogP contribution in [0.25, 0.3) is 0 Å². The molecule has 0 fully saturated rings. The van der Waals surface area contributed by atoms with Crippen LogP contribution in [0.15, 0.2) is 0 Å². The second-order valence-corrected chi connectivity index (χ2v) is 33.4. The molecule has 0 radical (unpaired) electrons. The Morgan fingerprint density at radius 1 is 0.283 bits per heavy atom. The number of aliphatic hydroxyl groups excluding tert-OH is 1. The molecule has 0 saturated heterocycles. The largest absolute Gasteiger partial charge is 0.472 e. The van der Waals surface area contributed by atoms with E-state index in [1.54, 1.807) is 0 Å². The lowest BCUT2D eigenvalue weighted by Gasteiger charge is -2.21. The van der Waals surface area contributed by atoms with E-state index in [0.29, 0.717) is 31.6 Å². The Morgan fingerprint density at radius 2 is 0.485 bits per heavy atom. The molecule has 0 aliphatic carbocycles. The van der Waals surface area contributed by atoms with E-state index < -0.39 is 97.5 Å². The number of hydrogen-bond acceptors (Lipinski definition) is 15. The molecule has 3 N–H and O–H groups in total. The second kappa shape index (κ2) is 69.1. The number of phosphoric acid groups is 2. The predicted molar refractivity (Wildman–Crippen MR) is 404 cm³/mol. The predicted octanol–water partition coefficient (Wildman–Crippen LogP) is 23.6. The van der Waals surface area contributed by atoms with Crippen LogP contribution in [0.1, 0.15) is 409 Å². The second-order valence-electron chi connectivity index (χ2n) is 30.5. The lowest BCUT2D eigenvalue weighted by molar-refractivity contribution is -0.161. The number of carbonyl (C=O) groups excluding carboxylic acids is 4. The molecule has 17 nitrogen and oxygen atoms in total. The van der Waals surface area contributed by atoms with Gasteiger partial charge in [0.2, 0.25) is 0 Å². The van der Waals surface area contributed by atoms with Crippen molar-refractivity contribution in [2.75, 3.05) is 39.6 Å². The van der Waals surface area contributed by atoms with Gasteiger partial charge >= 0.3 is 39.5 Å². The number of phosphoric ester groups is 2. The van der Waals surface area contributed by atoms with Crippen LogP contribution >= 0.6 is 15.6 Å². The van der Waals surface area contributed by atoms with Crippen LogP contribution in [0.3, 0.4) is 0 Å². The van der Waals surface area contributed by atoms with Gasteiger partial charge in [-0.05, 0) is 49.4 Å². The Hall–Kier alpha value is -1.94. The maximum Gasteiger partial charge on any atom is 0.472 e. The SMILES string of the molecule is CCC(C)CCCCCCCCCCCCCCCCC(=O)OC[C@H](COP(=O)(O)OCC(O)COP(=O)(O)OC[C@@H](COC(=O)CCCCCCCCCC(C)C)OC(=O)CCCCCCCCCCCCC(C)C)OC(=O)CCCCCCCCCCCCCCCCCC(C)C. The van der Waals surface area contributed by atoms with Crippen molar-refractivity contribution in [1.29, 1.82) is 0 Å². The van der Waals surface area contributed by atoms with Crippen molar-refractivity contribution in [2.45, 2.75) is 427 Å². The van der Waals surface area contributed by atoms with Gasteiger partial charge in [-0.2, -0.15) is 0 Å². The smallest absolute Gasteiger partial charge is 0.462 e. The molecule has 0 aromatic carbocycles. The number of esters is 4. The van der Waals surface area contributed by atoms with E-state index in [1.807, 2.05) is 0 Å². The number of ether oxygens (including phenoxy) is 4. The lowest BCUT2D eigenvalue weighted by atomic mass is 9.99. The Balaban J connectivity index is 5.25. The summed E-state index contributed by atoms with van der Waals surface area (Å²) in [6.45, 7) is 14.3. The summed E-state index contributed by atoms with van der Waals surface area (Å²) >= 11 is 0. The summed E-state index contributed by atoms with van der Waals surface area (Å²) < 4.78 is 68.7. The number of rotatable bonds is 77. The quantitative estimate of drug-likeness (QED) is 0.0222. The minimum Gasteiger partial charge on any atom is -0.462 e. The standard InChI is InChI=1S/C80H156O17P2/c1-9-73(8)59-51-43-35-27-20-16-13-14-17-21-28-36-44-52-60-77(82)90-66-75(96-79(84)62-54-46-37-29-22-18-12-10-11-15-19-25-32-40-48-56-70(2)3)68-94-98(86,87)92-64-74(81)65-93-99(88,89)95-69-76(67-91-78(83)61-53-45-39-31-34-42-50-58-72(6)7)97-80(85)63-55-47-38-30-24-23-26-33-41-49-57-71(4)5/h70-76,81H,9-69H2,1-8H3,(H,86,87)(H,88,89)/t73?,74?,75-,76-/m1/s1. The summed E-state index contributed by atoms with van der Waals surface area (Å²) in [4.78, 5) is 73.0. The molecule has 6 atom stereocenters. The van der Waals surface area contributed by atoms with Gasteiger partial charge in [-0.3, -0.25) is 37.3 Å². The van der Waals surface area contributed by atoms with Crippen LogP contribution in [0, 0.1) is 23.7 Å². The first-order chi connectivity index (χ1) is 47.6. The minimum atomic E-state index is -4.96. The molecule has 0 spiro atoms. The zero-order valence-electron chi connectivity index (χ0n) is 65.1. The van der Waals surface area contributed by atoms with Crippen molar-refractivity contribution in [3.63, 3.8) is 0 Å². The van der Waals surface area contributed by atoms with Crippen LogP contribution < -0.4 is 0 Å². The van der Waals surface area contributed by atoms with Gasteiger partial charge in [0, 0.05) is 25.7 Å². The fraction of sp³-hybridized carbons (Fsp3) is 0.950. The molecule has 0 aromatic heterocycles. The van der Waals surface area contributed by atoms with Crippen LogP contribution in [-0.4, -0.2) is 96.7 Å². The van der Waals surface area contributed by atoms with Crippen molar-refractivity contribution in [3.05, 3.63) is 0 Å². The van der Waals surface area contributed by atoms with Crippen molar-refractivity contribution in [2.24, 2.45) is 23.7 Å². The first-order valence-electron chi connectivity index (χ1n) is 41.2. The zero-order chi connectivity index (χ0) is 73.1. The molecular formula is C80H156O17P2. The van der Waals surface area contributed by atoms with E-state index in [0.717, 1.165) is 114 Å². The van der Waals surface area contributed by atoms with Gasteiger partial charge in [0.15, 0.2) is 12.2 Å². The molecule has 0 aliphatic heterocycles. The normalized spacial score (nSPS) is 14.3. The molecule has 19 heteroatoms. The third kappa shape index (κ3) is 72.8. The summed E-state index contributed by atoms with van der Waals surface area (Å²) in [7, 11) is -9.92. The molecule has 0 bridgehead atoms. The van der Waals surface area contributed by atoms with Crippen LogP contribution in [0.5, 0.6) is 0 Å². The van der Waals surface area contributed by atoms with Gasteiger partial charge < -0.3 is 33.8 Å². The summed E-state index contributed by atoms with van der Waals surface area (Å²) in [6.07, 6.45) is 55.5. The maximum absolute atomic E-state index is 13.1. The van der Waals surface area contributed by atoms with Crippen LogP contribution in [0.2, 0.25) is 0 Å². The number of hydrogen-bond donors (Lipinski definition) is 3. The Morgan fingerprint density at radius 3 is 0.717 bits per heavy atom. The van der Waals surface area contributed by atoms with Gasteiger partial charge in [-0.25, -0.2) is 9.13 Å². The third-order valence-corrected chi connectivity index (χ3v) is 20.8. The number of aliphatic hydroxyl groups is 1. The van der Waals surface area contributed by atoms with Gasteiger partial charge in [-0.1, -0.05) is 357 Å². The molecular weight excluding hydrogens is 1290 g/mol. The number of unbranched alkanes of at least 4 members (excludes halogenated alkanes) is 42. The molecule has 0 rings (SSSR count). The van der Waals surface area contributed by atoms with Crippen molar-refractivity contribution in [3.8, 4) is 0 Å². The van der Waals surface area contributed by atoms with Crippen molar-refractivity contribution in [1.82, 2.24) is 0 Å². The fourth-order valence-electron chi connectivity index (χ4n) is 12.2. The van der Waals surface area contributed by atoms with Gasteiger partial charge in [0.05, 0.1) is 26.4 Å². The van der Waals surface area contributed by atoms with E-state index >= 15 is 0 Å². The maximum atomic E-state index is 13.1. The molecule has 0 heterocycles. The summed E-state index contributed by atoms with van der Waals surface area (Å²) in [5, 5.41) is 10.6. The van der Waals surface area contributed by atoms with Crippen LogP contribution in [-0.2, 0) is 65.4 Å². The first kappa shape index (κ1) is 97.1. The summed E-state index contributed by atoms with van der Waals surface area (Å²) in [6, 6.07) is 0. The average Bonchev–Trinajstić information content (AvgIpc) is 1.05. The fourth-order valence-corrected chi connectivity index (χ4v) is 13.8. The van der Waals surface area contributed by atoms with E-state index in [4.69, 9.17) is 37.0 Å². The third-order valence-electron chi connectivity index (χ3n) is 18.9. The zero-order valence-corrected chi connectivity index (χ0v) is 66.9. The van der Waals surface area contributed by atoms with Gasteiger partial charge in [-0.15, -0.1) is 0 Å². The topological polar surface area (TPSA) is 237 Å². The minimum absolute atomic E-state index is 0.105. The molecule has 0 aromatic rings. The van der Waals surface area contributed by atoms with Crippen LogP contribution in [0.4, 0.5) is 0 Å². The molecule has 4 unspecified atom stereocenters. The summed E-state index contributed by atoms with van der Waals surface area (Å²) in [5.41, 5.74) is 0. The summed E-state index contributed by atoms with van der Waals surface area (Å²) in [5.74, 6) is 0.994. The van der Waals surface area contributed by atoms with E-state index in [2.05, 4.69) is 55.4 Å². The van der Waals surface area contributed by atoms with E-state index in [9.17, 15) is 43.2 Å². The highest BCUT2D eigenvalue weighted by atomic mass is 31.2. The van der Waals surface area contributed by atoms with Gasteiger partial charge in [0.25, 0.3) is 0 Å². The highest BCUT2D eigenvalue weighted by Crippen LogP contribution is 2.45. The van der Waals surface area contributed by atoms with Crippen molar-refractivity contribution < 1.29 is 80.2 Å². The van der Waals surface area contributed by atoms with Gasteiger partial charge in [0.1, 0.15) is 19.3 Å². The van der Waals surface area contributed by atoms with E-state index in [-0.39, 0.29) is 25.7 Å². The molecule has 588 valence electrons. The molecule has 0 saturated carbocycles.